The van der Waals surface area contributed by atoms with Crippen LogP contribution in [-0.4, -0.2) is 12.7 Å². The monoisotopic (exact) mass is 154 g/mol. The second-order valence-corrected chi connectivity index (χ2v) is 3.33. The van der Waals surface area contributed by atoms with E-state index in [-0.39, 0.29) is 5.60 Å². The van der Waals surface area contributed by atoms with Crippen molar-refractivity contribution in [3.63, 3.8) is 0 Å². The highest BCUT2D eigenvalue weighted by molar-refractivity contribution is 5.02. The Hall–Kier alpha value is -0.300. The van der Waals surface area contributed by atoms with E-state index in [9.17, 15) is 0 Å². The first-order valence-electron chi connectivity index (χ1n) is 4.52. The van der Waals surface area contributed by atoms with Gasteiger partial charge in [-0.1, -0.05) is 31.4 Å². The summed E-state index contributed by atoms with van der Waals surface area (Å²) in [6.45, 7) is 2.06. The molecule has 1 fully saturated rings. The van der Waals surface area contributed by atoms with Crippen LogP contribution in [0.15, 0.2) is 12.2 Å². The van der Waals surface area contributed by atoms with E-state index >= 15 is 0 Å². The molecular formula is C10H18O. The summed E-state index contributed by atoms with van der Waals surface area (Å²) in [6, 6.07) is 0. The minimum atomic E-state index is 0.0903. The zero-order chi connectivity index (χ0) is 8.16. The van der Waals surface area contributed by atoms with E-state index in [2.05, 4.69) is 19.1 Å². The number of methoxy groups -OCH3 is 1. The minimum absolute atomic E-state index is 0.0903. The second-order valence-electron chi connectivity index (χ2n) is 3.33. The van der Waals surface area contributed by atoms with Crippen LogP contribution in [-0.2, 0) is 4.74 Å². The number of allylic oxidation sites excluding steroid dienone is 1. The van der Waals surface area contributed by atoms with Gasteiger partial charge in [-0.05, 0) is 19.8 Å². The zero-order valence-corrected chi connectivity index (χ0v) is 7.60. The molecule has 0 heterocycles. The van der Waals surface area contributed by atoms with Crippen molar-refractivity contribution in [2.75, 3.05) is 7.11 Å². The van der Waals surface area contributed by atoms with Crippen molar-refractivity contribution in [2.24, 2.45) is 0 Å². The van der Waals surface area contributed by atoms with Crippen LogP contribution in [0.5, 0.6) is 0 Å². The van der Waals surface area contributed by atoms with Crippen LogP contribution >= 0.6 is 0 Å². The molecule has 1 heteroatoms. The van der Waals surface area contributed by atoms with Crippen molar-refractivity contribution in [1.29, 1.82) is 0 Å². The molecule has 0 atom stereocenters. The van der Waals surface area contributed by atoms with Gasteiger partial charge in [-0.2, -0.15) is 0 Å². The fourth-order valence-corrected chi connectivity index (χ4v) is 1.89. The molecule has 1 rings (SSSR count). The fourth-order valence-electron chi connectivity index (χ4n) is 1.89. The Morgan fingerprint density at radius 1 is 1.18 bits per heavy atom. The van der Waals surface area contributed by atoms with Gasteiger partial charge in [0.1, 0.15) is 0 Å². The van der Waals surface area contributed by atoms with E-state index in [1.54, 1.807) is 0 Å². The largest absolute Gasteiger partial charge is 0.374 e. The smallest absolute Gasteiger partial charge is 0.0858 e. The van der Waals surface area contributed by atoms with Gasteiger partial charge in [0, 0.05) is 7.11 Å². The lowest BCUT2D eigenvalue weighted by molar-refractivity contribution is 0.00194. The van der Waals surface area contributed by atoms with Crippen molar-refractivity contribution < 1.29 is 4.74 Å². The van der Waals surface area contributed by atoms with Gasteiger partial charge in [0.25, 0.3) is 0 Å². The maximum absolute atomic E-state index is 5.53. The third kappa shape index (κ3) is 2.06. The van der Waals surface area contributed by atoms with E-state index in [4.69, 9.17) is 4.74 Å². The summed E-state index contributed by atoms with van der Waals surface area (Å²) < 4.78 is 5.53. The third-order valence-electron chi connectivity index (χ3n) is 2.58. The quantitative estimate of drug-likeness (QED) is 0.556. The first kappa shape index (κ1) is 8.79. The van der Waals surface area contributed by atoms with E-state index in [0.717, 1.165) is 0 Å². The molecule has 0 aromatic rings. The lowest BCUT2D eigenvalue weighted by Gasteiger charge is -2.33. The van der Waals surface area contributed by atoms with Crippen LogP contribution in [0.1, 0.15) is 39.0 Å². The van der Waals surface area contributed by atoms with Crippen molar-refractivity contribution in [2.45, 2.75) is 44.6 Å². The molecule has 0 aromatic carbocycles. The Morgan fingerprint density at radius 3 is 2.27 bits per heavy atom. The zero-order valence-electron chi connectivity index (χ0n) is 7.60. The van der Waals surface area contributed by atoms with Crippen LogP contribution in [0, 0.1) is 0 Å². The summed E-state index contributed by atoms with van der Waals surface area (Å²) in [4.78, 5) is 0. The SMILES string of the molecule is CC=CC1(OC)CCCCC1. The predicted octanol–water partition coefficient (Wildman–Crippen LogP) is 2.91. The van der Waals surface area contributed by atoms with E-state index < -0.39 is 0 Å². The third-order valence-corrected chi connectivity index (χ3v) is 2.58. The summed E-state index contributed by atoms with van der Waals surface area (Å²) in [7, 11) is 1.82. The highest BCUT2D eigenvalue weighted by atomic mass is 16.5. The molecule has 0 amide bonds. The molecule has 1 aliphatic rings. The highest BCUT2D eigenvalue weighted by Gasteiger charge is 2.28. The standard InChI is InChI=1S/C10H18O/c1-3-7-10(11-2)8-5-4-6-9-10/h3,7H,4-6,8-9H2,1-2H3. The highest BCUT2D eigenvalue weighted by Crippen LogP contribution is 2.31. The van der Waals surface area contributed by atoms with Crippen LogP contribution < -0.4 is 0 Å². The Labute approximate surface area is 69.4 Å². The first-order chi connectivity index (χ1) is 5.33. The molecular weight excluding hydrogens is 136 g/mol. The van der Waals surface area contributed by atoms with Crippen LogP contribution in [0.2, 0.25) is 0 Å². The molecule has 0 radical (unpaired) electrons. The summed E-state index contributed by atoms with van der Waals surface area (Å²) >= 11 is 0. The van der Waals surface area contributed by atoms with Crippen LogP contribution in [0.3, 0.4) is 0 Å². The van der Waals surface area contributed by atoms with Gasteiger partial charge in [0.15, 0.2) is 0 Å². The van der Waals surface area contributed by atoms with Crippen LogP contribution in [0.4, 0.5) is 0 Å². The summed E-state index contributed by atoms with van der Waals surface area (Å²) in [5, 5.41) is 0. The molecule has 1 saturated carbocycles. The van der Waals surface area contributed by atoms with Gasteiger partial charge in [0.05, 0.1) is 5.60 Å². The maximum Gasteiger partial charge on any atom is 0.0858 e. The number of ether oxygens (including phenoxy) is 1. The Morgan fingerprint density at radius 2 is 1.82 bits per heavy atom. The molecule has 0 aromatic heterocycles. The normalized spacial score (nSPS) is 24.2. The van der Waals surface area contributed by atoms with Crippen molar-refractivity contribution in [3.05, 3.63) is 12.2 Å². The number of hydrogen-bond donors (Lipinski definition) is 0. The summed E-state index contributed by atoms with van der Waals surface area (Å²) in [5.74, 6) is 0. The van der Waals surface area contributed by atoms with Crippen molar-refractivity contribution >= 4 is 0 Å². The van der Waals surface area contributed by atoms with E-state index in [1.165, 1.54) is 32.1 Å². The fraction of sp³-hybridized carbons (Fsp3) is 0.800. The summed E-state index contributed by atoms with van der Waals surface area (Å²) in [6.07, 6.45) is 10.7. The maximum atomic E-state index is 5.53. The molecule has 1 nitrogen and oxygen atoms in total. The number of hydrogen-bond acceptors (Lipinski definition) is 1. The lowest BCUT2D eigenvalue weighted by Crippen LogP contribution is -2.31. The topological polar surface area (TPSA) is 9.23 Å². The van der Waals surface area contributed by atoms with E-state index in [0.29, 0.717) is 0 Å². The Balaban J connectivity index is 2.56. The molecule has 1 aliphatic carbocycles. The van der Waals surface area contributed by atoms with Crippen LogP contribution in [0.25, 0.3) is 0 Å². The average Bonchev–Trinajstić information content (AvgIpc) is 2.07. The van der Waals surface area contributed by atoms with E-state index in [1.807, 2.05) is 7.11 Å². The van der Waals surface area contributed by atoms with Crippen molar-refractivity contribution in [3.8, 4) is 0 Å². The molecule has 64 valence electrons. The second kappa shape index (κ2) is 3.91. The minimum Gasteiger partial charge on any atom is -0.374 e. The molecule has 0 saturated heterocycles. The average molecular weight is 154 g/mol. The van der Waals surface area contributed by atoms with Crippen molar-refractivity contribution in [1.82, 2.24) is 0 Å². The van der Waals surface area contributed by atoms with Gasteiger partial charge in [0.2, 0.25) is 0 Å². The molecule has 0 bridgehead atoms. The van der Waals surface area contributed by atoms with Gasteiger partial charge in [-0.15, -0.1) is 0 Å². The molecule has 0 spiro atoms. The Bertz CT molecular complexity index is 132. The van der Waals surface area contributed by atoms with Gasteiger partial charge < -0.3 is 4.74 Å². The Kier molecular flexibility index (Phi) is 3.13. The number of rotatable bonds is 2. The van der Waals surface area contributed by atoms with Gasteiger partial charge in [-0.3, -0.25) is 0 Å². The van der Waals surface area contributed by atoms with Gasteiger partial charge in [-0.25, -0.2) is 0 Å². The first-order valence-corrected chi connectivity index (χ1v) is 4.52. The molecule has 0 aliphatic heterocycles. The molecule has 0 unspecified atom stereocenters. The lowest BCUT2D eigenvalue weighted by atomic mass is 9.84. The summed E-state index contributed by atoms with van der Waals surface area (Å²) in [5.41, 5.74) is 0.0903. The molecule has 11 heavy (non-hydrogen) atoms. The molecule has 0 N–H and O–H groups in total. The predicted molar refractivity (Wildman–Crippen MR) is 47.6 cm³/mol. The van der Waals surface area contributed by atoms with Gasteiger partial charge >= 0.3 is 0 Å².